The van der Waals surface area contributed by atoms with Gasteiger partial charge < -0.3 is 5.32 Å². The van der Waals surface area contributed by atoms with Crippen LogP contribution >= 0.6 is 0 Å². The molecule has 0 aromatic rings. The molecule has 1 N–H and O–H groups in total. The van der Waals surface area contributed by atoms with Crippen LogP contribution in [0.2, 0.25) is 0 Å². The minimum Gasteiger partial charge on any atom is -0.311 e. The fourth-order valence-corrected chi connectivity index (χ4v) is 2.06. The van der Waals surface area contributed by atoms with Crippen molar-refractivity contribution >= 4 is 0 Å². The average Bonchev–Trinajstić information content (AvgIpc) is 2.42. The quantitative estimate of drug-likeness (QED) is 0.742. The summed E-state index contributed by atoms with van der Waals surface area (Å²) in [6.07, 6.45) is -2.30. The van der Waals surface area contributed by atoms with E-state index in [1.165, 1.54) is 0 Å². The molecule has 0 aromatic heterocycles. The highest BCUT2D eigenvalue weighted by molar-refractivity contribution is 4.84. The normalized spacial score (nSPS) is 32.2. The van der Waals surface area contributed by atoms with Gasteiger partial charge in [0.15, 0.2) is 0 Å². The summed E-state index contributed by atoms with van der Waals surface area (Å²) in [4.78, 5) is 0. The highest BCUT2D eigenvalue weighted by atomic mass is 19.4. The van der Waals surface area contributed by atoms with Gasteiger partial charge in [-0.25, -0.2) is 0 Å². The van der Waals surface area contributed by atoms with Gasteiger partial charge in [-0.1, -0.05) is 13.8 Å². The van der Waals surface area contributed by atoms with Crippen LogP contribution in [0.15, 0.2) is 0 Å². The van der Waals surface area contributed by atoms with Gasteiger partial charge in [-0.05, 0) is 24.7 Å². The molecule has 1 rings (SSSR count). The standard InChI is InChI=1S/C10H18F3NO/c1-7-3-4-9(8(7)2)14-5-6-15-10(11,12)13/h7-9,14H,3-6H2,1-2H3. The zero-order valence-electron chi connectivity index (χ0n) is 9.10. The van der Waals surface area contributed by atoms with Gasteiger partial charge in [0.1, 0.15) is 0 Å². The predicted molar refractivity (Wildman–Crippen MR) is 51.4 cm³/mol. The van der Waals surface area contributed by atoms with E-state index in [2.05, 4.69) is 23.9 Å². The van der Waals surface area contributed by atoms with Crippen molar-refractivity contribution in [3.05, 3.63) is 0 Å². The van der Waals surface area contributed by atoms with Crippen LogP contribution in [-0.2, 0) is 4.74 Å². The van der Waals surface area contributed by atoms with Crippen molar-refractivity contribution in [2.45, 2.75) is 39.1 Å². The molecule has 5 heteroatoms. The third kappa shape index (κ3) is 4.38. The number of nitrogens with one attached hydrogen (secondary N) is 1. The molecule has 1 saturated carbocycles. The largest absolute Gasteiger partial charge is 0.522 e. The summed E-state index contributed by atoms with van der Waals surface area (Å²) in [5, 5.41) is 3.11. The minimum absolute atomic E-state index is 0.265. The Balaban J connectivity index is 2.11. The van der Waals surface area contributed by atoms with Crippen molar-refractivity contribution in [1.82, 2.24) is 5.32 Å². The number of halogens is 3. The highest BCUT2D eigenvalue weighted by Gasteiger charge is 2.30. The molecule has 15 heavy (non-hydrogen) atoms. The van der Waals surface area contributed by atoms with Gasteiger partial charge in [-0.3, -0.25) is 4.74 Å². The topological polar surface area (TPSA) is 21.3 Å². The Morgan fingerprint density at radius 2 is 1.93 bits per heavy atom. The second-order valence-electron chi connectivity index (χ2n) is 4.27. The van der Waals surface area contributed by atoms with Crippen LogP contribution in [0.25, 0.3) is 0 Å². The maximum Gasteiger partial charge on any atom is 0.522 e. The van der Waals surface area contributed by atoms with E-state index in [-0.39, 0.29) is 13.2 Å². The Labute approximate surface area is 88.2 Å². The molecule has 0 heterocycles. The lowest BCUT2D eigenvalue weighted by Crippen LogP contribution is -2.35. The van der Waals surface area contributed by atoms with Crippen LogP contribution in [0.5, 0.6) is 0 Å². The van der Waals surface area contributed by atoms with Gasteiger partial charge in [0.2, 0.25) is 0 Å². The average molecular weight is 225 g/mol. The number of hydrogen-bond acceptors (Lipinski definition) is 2. The summed E-state index contributed by atoms with van der Waals surface area (Å²) in [7, 11) is 0. The number of hydrogen-bond donors (Lipinski definition) is 1. The van der Waals surface area contributed by atoms with Gasteiger partial charge in [0, 0.05) is 12.6 Å². The Morgan fingerprint density at radius 1 is 1.27 bits per heavy atom. The molecule has 90 valence electrons. The summed E-state index contributed by atoms with van der Waals surface area (Å²) in [5.41, 5.74) is 0. The van der Waals surface area contributed by atoms with Gasteiger partial charge >= 0.3 is 6.36 Å². The van der Waals surface area contributed by atoms with E-state index in [4.69, 9.17) is 0 Å². The van der Waals surface area contributed by atoms with Crippen LogP contribution < -0.4 is 5.32 Å². The number of alkyl halides is 3. The molecular formula is C10H18F3NO. The summed E-state index contributed by atoms with van der Waals surface area (Å²) in [6, 6.07) is 0.344. The first kappa shape index (κ1) is 12.8. The first-order chi connectivity index (χ1) is 6.90. The van der Waals surface area contributed by atoms with Crippen LogP contribution in [0, 0.1) is 11.8 Å². The third-order valence-corrected chi connectivity index (χ3v) is 3.24. The van der Waals surface area contributed by atoms with E-state index in [9.17, 15) is 13.2 Å². The van der Waals surface area contributed by atoms with Crippen LogP contribution in [0.4, 0.5) is 13.2 Å². The molecule has 0 aliphatic heterocycles. The van der Waals surface area contributed by atoms with E-state index in [0.717, 1.165) is 12.8 Å². The molecule has 0 bridgehead atoms. The molecule has 0 aromatic carbocycles. The van der Waals surface area contributed by atoms with Gasteiger partial charge in [0.05, 0.1) is 6.61 Å². The molecule has 3 unspecified atom stereocenters. The smallest absolute Gasteiger partial charge is 0.311 e. The molecule has 0 radical (unpaired) electrons. The van der Waals surface area contributed by atoms with E-state index < -0.39 is 6.36 Å². The Hall–Kier alpha value is -0.290. The Bertz CT molecular complexity index is 196. The molecule has 1 aliphatic rings. The number of ether oxygens (including phenoxy) is 1. The molecular weight excluding hydrogens is 207 g/mol. The van der Waals surface area contributed by atoms with Crippen LogP contribution in [-0.4, -0.2) is 25.6 Å². The van der Waals surface area contributed by atoms with Gasteiger partial charge in [-0.15, -0.1) is 13.2 Å². The highest BCUT2D eigenvalue weighted by Crippen LogP contribution is 2.30. The molecule has 3 atom stereocenters. The van der Waals surface area contributed by atoms with Crippen molar-refractivity contribution in [3.8, 4) is 0 Å². The SMILES string of the molecule is CC1CCC(NCCOC(F)(F)F)C1C. The van der Waals surface area contributed by atoms with Crippen LogP contribution in [0.3, 0.4) is 0 Å². The summed E-state index contributed by atoms with van der Waals surface area (Å²) in [5.74, 6) is 1.20. The molecule has 0 amide bonds. The first-order valence-electron chi connectivity index (χ1n) is 5.34. The lowest BCUT2D eigenvalue weighted by atomic mass is 9.98. The van der Waals surface area contributed by atoms with Gasteiger partial charge in [0.25, 0.3) is 0 Å². The lowest BCUT2D eigenvalue weighted by molar-refractivity contribution is -0.323. The predicted octanol–water partition coefficient (Wildman–Crippen LogP) is 2.55. The van der Waals surface area contributed by atoms with E-state index in [1.807, 2.05) is 0 Å². The summed E-state index contributed by atoms with van der Waals surface area (Å²) < 4.78 is 38.6. The third-order valence-electron chi connectivity index (χ3n) is 3.24. The summed E-state index contributed by atoms with van der Waals surface area (Å²) >= 11 is 0. The maximum absolute atomic E-state index is 11.6. The molecule has 1 fully saturated rings. The Kier molecular flexibility index (Phi) is 4.40. The monoisotopic (exact) mass is 225 g/mol. The molecule has 0 spiro atoms. The zero-order chi connectivity index (χ0) is 11.5. The molecule has 1 aliphatic carbocycles. The second-order valence-corrected chi connectivity index (χ2v) is 4.27. The van der Waals surface area contributed by atoms with Crippen molar-refractivity contribution in [1.29, 1.82) is 0 Å². The fourth-order valence-electron chi connectivity index (χ4n) is 2.06. The number of rotatable bonds is 4. The molecule has 2 nitrogen and oxygen atoms in total. The van der Waals surface area contributed by atoms with E-state index in [1.54, 1.807) is 0 Å². The fraction of sp³-hybridized carbons (Fsp3) is 1.00. The second kappa shape index (κ2) is 5.16. The summed E-state index contributed by atoms with van der Waals surface area (Å²) in [6.45, 7) is 4.28. The Morgan fingerprint density at radius 3 is 2.40 bits per heavy atom. The maximum atomic E-state index is 11.6. The van der Waals surface area contributed by atoms with Crippen LogP contribution in [0.1, 0.15) is 26.7 Å². The van der Waals surface area contributed by atoms with Crippen molar-refractivity contribution in [3.63, 3.8) is 0 Å². The van der Waals surface area contributed by atoms with Crippen molar-refractivity contribution in [2.75, 3.05) is 13.2 Å². The lowest BCUT2D eigenvalue weighted by Gasteiger charge is -2.19. The van der Waals surface area contributed by atoms with Crippen molar-refractivity contribution in [2.24, 2.45) is 11.8 Å². The van der Waals surface area contributed by atoms with Gasteiger partial charge in [-0.2, -0.15) is 0 Å². The minimum atomic E-state index is -4.50. The first-order valence-corrected chi connectivity index (χ1v) is 5.34. The van der Waals surface area contributed by atoms with Crippen molar-refractivity contribution < 1.29 is 17.9 Å². The van der Waals surface area contributed by atoms with E-state index in [0.29, 0.717) is 17.9 Å². The van der Waals surface area contributed by atoms with E-state index >= 15 is 0 Å². The zero-order valence-corrected chi connectivity index (χ0v) is 9.10. The molecule has 0 saturated heterocycles.